The molecule has 0 unspecified atom stereocenters. The molecule has 7 heteroatoms. The highest BCUT2D eigenvalue weighted by molar-refractivity contribution is 6.30. The van der Waals surface area contributed by atoms with Crippen LogP contribution < -0.4 is 10.6 Å². The number of rotatable bonds is 5. The van der Waals surface area contributed by atoms with Crippen LogP contribution in [-0.2, 0) is 6.54 Å². The first-order valence-corrected chi connectivity index (χ1v) is 7.60. The van der Waals surface area contributed by atoms with E-state index in [9.17, 15) is 4.79 Å². The molecule has 2 N–H and O–H groups in total. The van der Waals surface area contributed by atoms with Gasteiger partial charge in [0.25, 0.3) is 5.91 Å². The van der Waals surface area contributed by atoms with Crippen LogP contribution in [0.1, 0.15) is 16.1 Å². The maximum atomic E-state index is 12.2. The van der Waals surface area contributed by atoms with E-state index < -0.39 is 0 Å². The minimum Gasteiger partial charge on any atom is -0.347 e. The summed E-state index contributed by atoms with van der Waals surface area (Å²) in [7, 11) is 0. The summed E-state index contributed by atoms with van der Waals surface area (Å²) in [4.78, 5) is 24.3. The Labute approximate surface area is 143 Å². The predicted octanol–water partition coefficient (Wildman–Crippen LogP) is 3.20. The molecule has 0 saturated carbocycles. The van der Waals surface area contributed by atoms with E-state index in [0.717, 1.165) is 11.3 Å². The molecule has 0 aliphatic carbocycles. The van der Waals surface area contributed by atoms with Crippen molar-refractivity contribution in [3.63, 3.8) is 0 Å². The Balaban J connectivity index is 1.65. The largest absolute Gasteiger partial charge is 0.347 e. The molecule has 3 aromatic rings. The lowest BCUT2D eigenvalue weighted by Gasteiger charge is -2.08. The highest BCUT2D eigenvalue weighted by Gasteiger charge is 2.09. The van der Waals surface area contributed by atoms with E-state index in [-0.39, 0.29) is 11.6 Å². The average molecular weight is 340 g/mol. The molecular formula is C17H14ClN5O. The van der Waals surface area contributed by atoms with Crippen molar-refractivity contribution < 1.29 is 4.79 Å². The van der Waals surface area contributed by atoms with Crippen LogP contribution in [0.25, 0.3) is 0 Å². The predicted molar refractivity (Wildman–Crippen MR) is 92.2 cm³/mol. The van der Waals surface area contributed by atoms with Crippen molar-refractivity contribution in [2.75, 3.05) is 5.32 Å². The second kappa shape index (κ2) is 7.52. The summed E-state index contributed by atoms with van der Waals surface area (Å²) >= 11 is 5.86. The maximum Gasteiger partial charge on any atom is 0.270 e. The monoisotopic (exact) mass is 339 g/mol. The normalized spacial score (nSPS) is 10.2. The molecule has 0 aliphatic rings. The first-order valence-electron chi connectivity index (χ1n) is 7.22. The van der Waals surface area contributed by atoms with Gasteiger partial charge in [0.2, 0.25) is 0 Å². The third-order valence-corrected chi connectivity index (χ3v) is 3.44. The zero-order valence-electron chi connectivity index (χ0n) is 12.6. The lowest BCUT2D eigenvalue weighted by molar-refractivity contribution is 0.0946. The molecule has 2 aromatic heterocycles. The number of pyridine rings is 1. The molecule has 0 atom stereocenters. The first-order chi connectivity index (χ1) is 11.7. The zero-order valence-corrected chi connectivity index (χ0v) is 13.4. The Morgan fingerprint density at radius 2 is 1.96 bits per heavy atom. The molecule has 0 fully saturated rings. The Morgan fingerprint density at radius 3 is 2.71 bits per heavy atom. The van der Waals surface area contributed by atoms with Crippen LogP contribution in [0.15, 0.2) is 61.2 Å². The van der Waals surface area contributed by atoms with Gasteiger partial charge in [-0.1, -0.05) is 17.7 Å². The number of hydrogen-bond donors (Lipinski definition) is 2. The number of aromatic nitrogens is 3. The van der Waals surface area contributed by atoms with Gasteiger partial charge in [-0.3, -0.25) is 9.78 Å². The molecule has 24 heavy (non-hydrogen) atoms. The van der Waals surface area contributed by atoms with Crippen LogP contribution in [0.4, 0.5) is 11.5 Å². The summed E-state index contributed by atoms with van der Waals surface area (Å²) in [6, 6.07) is 12.5. The van der Waals surface area contributed by atoms with Crippen molar-refractivity contribution in [2.24, 2.45) is 0 Å². The van der Waals surface area contributed by atoms with Crippen molar-refractivity contribution in [1.82, 2.24) is 20.3 Å². The lowest BCUT2D eigenvalue weighted by atomic mass is 10.2. The SMILES string of the molecule is O=C(NCc1cccnc1)c1cc(Nc2ccc(Cl)cc2)ncn1. The number of halogens is 1. The molecule has 1 amide bonds. The second-order valence-electron chi connectivity index (χ2n) is 4.96. The minimum absolute atomic E-state index is 0.277. The standard InChI is InChI=1S/C17H14ClN5O/c18-13-3-5-14(6-4-13)23-16-8-15(21-11-22-16)17(24)20-10-12-2-1-7-19-9-12/h1-9,11H,10H2,(H,20,24)(H,21,22,23). The molecule has 120 valence electrons. The number of benzene rings is 1. The lowest BCUT2D eigenvalue weighted by Crippen LogP contribution is -2.24. The van der Waals surface area contributed by atoms with Gasteiger partial charge in [-0.2, -0.15) is 0 Å². The Bertz CT molecular complexity index is 824. The Hall–Kier alpha value is -2.99. The smallest absolute Gasteiger partial charge is 0.270 e. The van der Waals surface area contributed by atoms with Crippen molar-refractivity contribution in [2.45, 2.75) is 6.54 Å². The van der Waals surface area contributed by atoms with Gasteiger partial charge in [0.15, 0.2) is 0 Å². The number of nitrogens with one attached hydrogen (secondary N) is 2. The quantitative estimate of drug-likeness (QED) is 0.746. The Kier molecular flexibility index (Phi) is 4.98. The fourth-order valence-corrected chi connectivity index (χ4v) is 2.13. The average Bonchev–Trinajstić information content (AvgIpc) is 2.63. The van der Waals surface area contributed by atoms with Gasteiger partial charge in [-0.25, -0.2) is 9.97 Å². The fraction of sp³-hybridized carbons (Fsp3) is 0.0588. The summed E-state index contributed by atoms with van der Waals surface area (Å²) in [5.74, 6) is 0.249. The minimum atomic E-state index is -0.277. The highest BCUT2D eigenvalue weighted by atomic mass is 35.5. The van der Waals surface area contributed by atoms with Crippen LogP contribution in [0.2, 0.25) is 5.02 Å². The number of carbonyl (C=O) groups is 1. The maximum absolute atomic E-state index is 12.2. The van der Waals surface area contributed by atoms with Gasteiger partial charge in [-0.05, 0) is 35.9 Å². The molecule has 0 bridgehead atoms. The molecular weight excluding hydrogens is 326 g/mol. The first kappa shape index (κ1) is 15.9. The number of amides is 1. The molecule has 1 aromatic carbocycles. The number of carbonyl (C=O) groups excluding carboxylic acids is 1. The topological polar surface area (TPSA) is 79.8 Å². The molecule has 2 heterocycles. The van der Waals surface area contributed by atoms with E-state index >= 15 is 0 Å². The number of nitrogens with zero attached hydrogens (tertiary/aromatic N) is 3. The number of hydrogen-bond acceptors (Lipinski definition) is 5. The fourth-order valence-electron chi connectivity index (χ4n) is 2.01. The summed E-state index contributed by atoms with van der Waals surface area (Å²) in [6.45, 7) is 0.386. The van der Waals surface area contributed by atoms with Crippen molar-refractivity contribution in [3.8, 4) is 0 Å². The summed E-state index contributed by atoms with van der Waals surface area (Å²) in [5.41, 5.74) is 2.02. The van der Waals surface area contributed by atoms with E-state index in [1.165, 1.54) is 6.33 Å². The zero-order chi connectivity index (χ0) is 16.8. The highest BCUT2D eigenvalue weighted by Crippen LogP contribution is 2.17. The summed E-state index contributed by atoms with van der Waals surface area (Å²) < 4.78 is 0. The molecule has 3 rings (SSSR count). The van der Waals surface area contributed by atoms with Gasteiger partial charge in [0.05, 0.1) is 0 Å². The van der Waals surface area contributed by atoms with E-state index in [1.54, 1.807) is 30.6 Å². The van der Waals surface area contributed by atoms with Gasteiger partial charge >= 0.3 is 0 Å². The molecule has 6 nitrogen and oxygen atoms in total. The second-order valence-corrected chi connectivity index (χ2v) is 5.40. The van der Waals surface area contributed by atoms with Crippen LogP contribution in [0, 0.1) is 0 Å². The van der Waals surface area contributed by atoms with E-state index in [1.807, 2.05) is 24.3 Å². The van der Waals surface area contributed by atoms with Gasteiger partial charge < -0.3 is 10.6 Å². The molecule has 0 spiro atoms. The van der Waals surface area contributed by atoms with Crippen LogP contribution in [-0.4, -0.2) is 20.9 Å². The van der Waals surface area contributed by atoms with Crippen molar-refractivity contribution >= 4 is 29.0 Å². The molecule has 0 radical (unpaired) electrons. The Morgan fingerprint density at radius 1 is 1.12 bits per heavy atom. The molecule has 0 saturated heterocycles. The van der Waals surface area contributed by atoms with Crippen molar-refractivity contribution in [3.05, 3.63) is 77.5 Å². The number of anilines is 2. The van der Waals surface area contributed by atoms with Gasteiger partial charge in [0.1, 0.15) is 17.8 Å². The third-order valence-electron chi connectivity index (χ3n) is 3.19. The van der Waals surface area contributed by atoms with Crippen LogP contribution in [0.5, 0.6) is 0 Å². The van der Waals surface area contributed by atoms with Gasteiger partial charge in [-0.15, -0.1) is 0 Å². The van der Waals surface area contributed by atoms with Crippen LogP contribution in [0.3, 0.4) is 0 Å². The summed E-state index contributed by atoms with van der Waals surface area (Å²) in [5, 5.41) is 6.55. The van der Waals surface area contributed by atoms with Crippen molar-refractivity contribution in [1.29, 1.82) is 0 Å². The molecule has 0 aliphatic heterocycles. The summed E-state index contributed by atoms with van der Waals surface area (Å²) in [6.07, 6.45) is 4.73. The third kappa shape index (κ3) is 4.27. The van der Waals surface area contributed by atoms with E-state index in [4.69, 9.17) is 11.6 Å². The van der Waals surface area contributed by atoms with E-state index in [0.29, 0.717) is 17.4 Å². The van der Waals surface area contributed by atoms with Crippen LogP contribution >= 0.6 is 11.6 Å². The van der Waals surface area contributed by atoms with E-state index in [2.05, 4.69) is 25.6 Å². The van der Waals surface area contributed by atoms with Gasteiger partial charge in [0, 0.05) is 35.7 Å².